The molecule has 1 aliphatic heterocycles. The lowest BCUT2D eigenvalue weighted by Crippen LogP contribution is -2.21. The van der Waals surface area contributed by atoms with Crippen molar-refractivity contribution in [2.75, 3.05) is 10.7 Å². The molecule has 0 amide bonds. The van der Waals surface area contributed by atoms with Gasteiger partial charge in [0.25, 0.3) is 0 Å². The summed E-state index contributed by atoms with van der Waals surface area (Å²) in [6, 6.07) is 16.1. The van der Waals surface area contributed by atoms with Crippen LogP contribution in [0.4, 0.5) is 23.2 Å². The van der Waals surface area contributed by atoms with Gasteiger partial charge >= 0.3 is 12.1 Å². The second-order valence-electron chi connectivity index (χ2n) is 8.32. The lowest BCUT2D eigenvalue weighted by Gasteiger charge is -2.28. The van der Waals surface area contributed by atoms with Gasteiger partial charge in [-0.2, -0.15) is 13.2 Å². The number of carbonyl (C=O) groups excluding carboxylic acids is 1. The highest BCUT2D eigenvalue weighted by atomic mass is 32.2. The number of thioether (sulfide) groups is 1. The smallest absolute Gasteiger partial charge is 0.416 e. The van der Waals surface area contributed by atoms with E-state index in [0.717, 1.165) is 40.4 Å². The highest BCUT2D eigenvalue weighted by molar-refractivity contribution is 8.00. The number of ether oxygens (including phenoxy) is 1. The zero-order valence-corrected chi connectivity index (χ0v) is 19.9. The van der Waals surface area contributed by atoms with Crippen molar-refractivity contribution < 1.29 is 27.1 Å². The van der Waals surface area contributed by atoms with Crippen LogP contribution in [0.1, 0.15) is 51.0 Å². The Bertz CT molecular complexity index is 1240. The van der Waals surface area contributed by atoms with E-state index in [-0.39, 0.29) is 11.2 Å². The van der Waals surface area contributed by atoms with Gasteiger partial charge in [0.15, 0.2) is 0 Å². The van der Waals surface area contributed by atoms with E-state index in [4.69, 9.17) is 4.74 Å². The van der Waals surface area contributed by atoms with Crippen molar-refractivity contribution >= 4 is 23.4 Å². The highest BCUT2D eigenvalue weighted by Crippen LogP contribution is 2.46. The van der Waals surface area contributed by atoms with Gasteiger partial charge in [0.05, 0.1) is 11.1 Å². The summed E-state index contributed by atoms with van der Waals surface area (Å²) in [5, 5.41) is -0.0701. The molecule has 0 radical (unpaired) electrons. The van der Waals surface area contributed by atoms with Crippen molar-refractivity contribution in [1.29, 1.82) is 0 Å². The summed E-state index contributed by atoms with van der Waals surface area (Å²) in [7, 11) is 0. The number of hydrogen-bond donors (Lipinski definition) is 0. The molecule has 0 N–H and O–H groups in total. The number of nitrogens with zero attached hydrogens (tertiary/aromatic N) is 1. The van der Waals surface area contributed by atoms with E-state index in [0.29, 0.717) is 11.1 Å². The first-order valence-corrected chi connectivity index (χ1v) is 11.9. The van der Waals surface area contributed by atoms with Crippen LogP contribution in [0.25, 0.3) is 0 Å². The van der Waals surface area contributed by atoms with E-state index in [2.05, 4.69) is 11.5 Å². The summed E-state index contributed by atoms with van der Waals surface area (Å²) in [5.74, 6) is -0.154. The van der Waals surface area contributed by atoms with E-state index in [1.54, 1.807) is 43.0 Å². The first-order valence-electron chi connectivity index (χ1n) is 10.9. The number of anilines is 1. The average Bonchev–Trinajstić information content (AvgIpc) is 3.20. The summed E-state index contributed by atoms with van der Waals surface area (Å²) in [4.78, 5) is 14.8. The molecule has 3 aromatic rings. The van der Waals surface area contributed by atoms with Crippen molar-refractivity contribution in [2.45, 2.75) is 31.5 Å². The molecule has 1 aliphatic rings. The molecule has 0 spiro atoms. The van der Waals surface area contributed by atoms with Crippen molar-refractivity contribution in [1.82, 2.24) is 0 Å². The molecule has 0 aromatic heterocycles. The molecule has 1 fully saturated rings. The van der Waals surface area contributed by atoms with E-state index in [9.17, 15) is 22.4 Å². The zero-order valence-electron chi connectivity index (χ0n) is 19.1. The summed E-state index contributed by atoms with van der Waals surface area (Å²) < 4.78 is 57.2. The Morgan fingerprint density at radius 3 is 2.34 bits per heavy atom. The number of aryl methyl sites for hydroxylation is 1. The number of alkyl halides is 3. The van der Waals surface area contributed by atoms with Gasteiger partial charge < -0.3 is 9.64 Å². The number of halogens is 4. The maximum Gasteiger partial charge on any atom is 0.416 e. The van der Waals surface area contributed by atoms with Crippen molar-refractivity contribution in [3.63, 3.8) is 0 Å². The van der Waals surface area contributed by atoms with Gasteiger partial charge in [-0.25, -0.2) is 9.18 Å². The van der Waals surface area contributed by atoms with Crippen LogP contribution in [0.2, 0.25) is 0 Å². The predicted octanol–water partition coefficient (Wildman–Crippen LogP) is 7.84. The van der Waals surface area contributed by atoms with E-state index >= 15 is 0 Å². The molecular formula is C27H23F4NO2S. The van der Waals surface area contributed by atoms with E-state index in [1.807, 2.05) is 13.0 Å². The minimum atomic E-state index is -4.42. The lowest BCUT2D eigenvalue weighted by atomic mass is 10.1. The first-order chi connectivity index (χ1) is 16.5. The van der Waals surface area contributed by atoms with Crippen LogP contribution in [-0.2, 0) is 10.9 Å². The van der Waals surface area contributed by atoms with E-state index < -0.39 is 23.8 Å². The van der Waals surface area contributed by atoms with Gasteiger partial charge in [-0.15, -0.1) is 11.8 Å². The SMILES string of the molecule is C=C1CSC(c2ccc(F)cc2)N1c1ccc(C(=O)OC(C)c2ccc(C(F)(F)F)cc2)cc1C. The molecule has 3 nitrogen and oxygen atoms in total. The minimum Gasteiger partial charge on any atom is -0.454 e. The Morgan fingerprint density at radius 2 is 1.74 bits per heavy atom. The molecular weight excluding hydrogens is 478 g/mol. The summed E-state index contributed by atoms with van der Waals surface area (Å²) in [6.45, 7) is 7.66. The molecule has 1 heterocycles. The Morgan fingerprint density at radius 1 is 1.09 bits per heavy atom. The number of esters is 1. The van der Waals surface area contributed by atoms with Gasteiger partial charge in [-0.05, 0) is 73.0 Å². The number of carbonyl (C=O) groups is 1. The van der Waals surface area contributed by atoms with Gasteiger partial charge in [-0.1, -0.05) is 30.8 Å². The van der Waals surface area contributed by atoms with Crippen LogP contribution in [0.15, 0.2) is 79.0 Å². The quantitative estimate of drug-likeness (QED) is 0.263. The fourth-order valence-electron chi connectivity index (χ4n) is 3.95. The van der Waals surface area contributed by atoms with Crippen molar-refractivity contribution in [3.05, 3.63) is 113 Å². The first kappa shape index (κ1) is 24.9. The maximum absolute atomic E-state index is 13.4. The van der Waals surface area contributed by atoms with Crippen LogP contribution < -0.4 is 4.90 Å². The molecule has 2 unspecified atom stereocenters. The van der Waals surface area contributed by atoms with Gasteiger partial charge in [0, 0.05) is 17.1 Å². The molecule has 3 aromatic carbocycles. The van der Waals surface area contributed by atoms with Crippen LogP contribution in [0.5, 0.6) is 0 Å². The predicted molar refractivity (Wildman–Crippen MR) is 130 cm³/mol. The third-order valence-corrected chi connectivity index (χ3v) is 7.12. The molecule has 2 atom stereocenters. The lowest BCUT2D eigenvalue weighted by molar-refractivity contribution is -0.137. The summed E-state index contributed by atoms with van der Waals surface area (Å²) in [5.41, 5.74) is 3.60. The van der Waals surface area contributed by atoms with Gasteiger partial charge in [0.2, 0.25) is 0 Å². The Balaban J connectivity index is 1.50. The molecule has 4 rings (SSSR count). The average molecular weight is 502 g/mol. The van der Waals surface area contributed by atoms with Crippen molar-refractivity contribution in [3.8, 4) is 0 Å². The van der Waals surface area contributed by atoms with E-state index in [1.165, 1.54) is 24.3 Å². The number of hydrogen-bond acceptors (Lipinski definition) is 4. The Labute approximate surface area is 205 Å². The zero-order chi connectivity index (χ0) is 25.3. The fourth-order valence-corrected chi connectivity index (χ4v) is 5.20. The number of benzene rings is 3. The standard InChI is InChI=1S/C27H23F4NO2S/c1-16-14-21(26(33)34-18(3)19-4-9-22(10-5-19)27(29,30)31)8-13-24(16)32-17(2)15-35-25(32)20-6-11-23(28)12-7-20/h4-14,18,25H,2,15H2,1,3H3. The topological polar surface area (TPSA) is 29.5 Å². The van der Waals surface area contributed by atoms with Crippen LogP contribution in [0.3, 0.4) is 0 Å². The number of rotatable bonds is 5. The van der Waals surface area contributed by atoms with Gasteiger partial charge in [-0.3, -0.25) is 0 Å². The second-order valence-corrected chi connectivity index (χ2v) is 9.39. The highest BCUT2D eigenvalue weighted by Gasteiger charge is 2.32. The molecule has 0 bridgehead atoms. The molecule has 1 saturated heterocycles. The largest absolute Gasteiger partial charge is 0.454 e. The molecule has 0 saturated carbocycles. The maximum atomic E-state index is 13.4. The van der Waals surface area contributed by atoms with Crippen LogP contribution in [-0.4, -0.2) is 11.7 Å². The molecule has 182 valence electrons. The molecule has 0 aliphatic carbocycles. The fraction of sp³-hybridized carbons (Fsp3) is 0.222. The normalized spacial score (nSPS) is 16.9. The minimum absolute atomic E-state index is 0.0701. The Kier molecular flexibility index (Phi) is 6.94. The summed E-state index contributed by atoms with van der Waals surface area (Å²) in [6.07, 6.45) is -5.14. The van der Waals surface area contributed by atoms with Crippen molar-refractivity contribution in [2.24, 2.45) is 0 Å². The third-order valence-electron chi connectivity index (χ3n) is 5.82. The van der Waals surface area contributed by atoms with Gasteiger partial charge in [0.1, 0.15) is 17.3 Å². The second kappa shape index (κ2) is 9.77. The molecule has 8 heteroatoms. The Hall–Kier alpha value is -3.26. The molecule has 35 heavy (non-hydrogen) atoms. The summed E-state index contributed by atoms with van der Waals surface area (Å²) >= 11 is 1.68. The van der Waals surface area contributed by atoms with Crippen LogP contribution >= 0.6 is 11.8 Å². The third kappa shape index (κ3) is 5.37. The monoisotopic (exact) mass is 501 g/mol. The van der Waals surface area contributed by atoms with Crippen LogP contribution in [0, 0.1) is 12.7 Å².